The highest BCUT2D eigenvalue weighted by Gasteiger charge is 2.18. The second-order valence-electron chi connectivity index (χ2n) is 6.86. The number of ether oxygens (including phenoxy) is 1. The summed E-state index contributed by atoms with van der Waals surface area (Å²) in [6.07, 6.45) is 0.705. The number of aromatic hydroxyl groups is 1. The van der Waals surface area contributed by atoms with Gasteiger partial charge in [-0.1, -0.05) is 18.2 Å². The van der Waals surface area contributed by atoms with Crippen LogP contribution in [0.15, 0.2) is 54.6 Å². The van der Waals surface area contributed by atoms with E-state index >= 15 is 0 Å². The molecule has 150 valence electrons. The van der Waals surface area contributed by atoms with Gasteiger partial charge < -0.3 is 14.4 Å². The molecule has 2 aromatic carbocycles. The van der Waals surface area contributed by atoms with Crippen LogP contribution in [0.2, 0.25) is 0 Å². The van der Waals surface area contributed by atoms with Gasteiger partial charge >= 0.3 is 5.97 Å². The summed E-state index contributed by atoms with van der Waals surface area (Å²) in [4.78, 5) is 24.6. The maximum absolute atomic E-state index is 13.0. The summed E-state index contributed by atoms with van der Waals surface area (Å²) in [5.74, 6) is -1.27. The molecule has 29 heavy (non-hydrogen) atoms. The number of aromatic nitrogens is 1. The van der Waals surface area contributed by atoms with E-state index in [0.717, 1.165) is 17.0 Å². The number of hydrogen-bond donors (Lipinski definition) is 1. The van der Waals surface area contributed by atoms with Crippen LogP contribution in [0, 0.1) is 19.7 Å². The monoisotopic (exact) mass is 395 g/mol. The van der Waals surface area contributed by atoms with Crippen LogP contribution in [0.3, 0.4) is 0 Å². The minimum Gasteiger partial charge on any atom is -0.508 e. The number of halogens is 1. The molecule has 1 N–H and O–H groups in total. The minimum atomic E-state index is -0.667. The van der Waals surface area contributed by atoms with E-state index in [1.54, 1.807) is 18.2 Å². The Hall–Kier alpha value is -3.41. The molecule has 0 spiro atoms. The van der Waals surface area contributed by atoms with Gasteiger partial charge in [0.1, 0.15) is 11.6 Å². The molecule has 0 amide bonds. The number of ketones is 1. The van der Waals surface area contributed by atoms with E-state index in [2.05, 4.69) is 0 Å². The van der Waals surface area contributed by atoms with Gasteiger partial charge in [-0.15, -0.1) is 0 Å². The Morgan fingerprint density at radius 3 is 2.48 bits per heavy atom. The fraction of sp³-hybridized carbons (Fsp3) is 0.217. The lowest BCUT2D eigenvalue weighted by molar-refractivity contribution is 0.0474. The Morgan fingerprint density at radius 2 is 1.79 bits per heavy atom. The fourth-order valence-electron chi connectivity index (χ4n) is 3.24. The fourth-order valence-corrected chi connectivity index (χ4v) is 3.24. The van der Waals surface area contributed by atoms with Crippen LogP contribution in [0.25, 0.3) is 0 Å². The van der Waals surface area contributed by atoms with Crippen molar-refractivity contribution >= 4 is 11.8 Å². The Bertz CT molecular complexity index is 1040. The summed E-state index contributed by atoms with van der Waals surface area (Å²) >= 11 is 0. The van der Waals surface area contributed by atoms with E-state index in [1.807, 2.05) is 18.4 Å². The van der Waals surface area contributed by atoms with Gasteiger partial charge in [0.15, 0.2) is 6.61 Å². The summed E-state index contributed by atoms with van der Waals surface area (Å²) in [6, 6.07) is 13.9. The zero-order chi connectivity index (χ0) is 21.0. The molecular formula is C23H22FNO4. The van der Waals surface area contributed by atoms with Gasteiger partial charge in [-0.05, 0) is 62.2 Å². The Morgan fingerprint density at radius 1 is 1.07 bits per heavy atom. The third-order valence-corrected chi connectivity index (χ3v) is 4.83. The molecule has 0 bridgehead atoms. The predicted octanol–water partition coefficient (Wildman–Crippen LogP) is 4.23. The van der Waals surface area contributed by atoms with Crippen molar-refractivity contribution in [1.82, 2.24) is 4.57 Å². The molecule has 0 radical (unpaired) electrons. The molecule has 0 saturated heterocycles. The van der Waals surface area contributed by atoms with Gasteiger partial charge in [0, 0.05) is 23.5 Å². The van der Waals surface area contributed by atoms with Crippen LogP contribution < -0.4 is 0 Å². The lowest BCUT2D eigenvalue weighted by Gasteiger charge is -2.10. The standard InChI is InChI=1S/C23H22FNO4/c1-15-12-21(16(2)25(15)11-10-17-6-8-19(24)9-7-17)22(27)14-29-23(28)18-4-3-5-20(26)13-18/h3-9,12-13,26H,10-11,14H2,1-2H3. The number of carbonyl (C=O) groups excluding carboxylic acids is 2. The largest absolute Gasteiger partial charge is 0.508 e. The zero-order valence-corrected chi connectivity index (χ0v) is 16.3. The van der Waals surface area contributed by atoms with Gasteiger partial charge in [-0.25, -0.2) is 9.18 Å². The number of aryl methyl sites for hydroxylation is 2. The number of benzene rings is 2. The van der Waals surface area contributed by atoms with Gasteiger partial charge in [-0.3, -0.25) is 4.79 Å². The summed E-state index contributed by atoms with van der Waals surface area (Å²) in [5, 5.41) is 9.44. The van der Waals surface area contributed by atoms with Crippen LogP contribution in [-0.4, -0.2) is 28.0 Å². The smallest absolute Gasteiger partial charge is 0.338 e. The molecule has 0 saturated carbocycles. The second-order valence-corrected chi connectivity index (χ2v) is 6.86. The molecular weight excluding hydrogens is 373 g/mol. The number of Topliss-reactive ketones (excluding diaryl/α,β-unsaturated/α-hetero) is 1. The highest BCUT2D eigenvalue weighted by molar-refractivity contribution is 6.00. The summed E-state index contributed by atoms with van der Waals surface area (Å²) in [7, 11) is 0. The Labute approximate surface area is 168 Å². The minimum absolute atomic E-state index is 0.0459. The molecule has 0 aliphatic carbocycles. The molecule has 1 heterocycles. The number of phenolic OH excluding ortho intramolecular Hbond substituents is 1. The van der Waals surface area contributed by atoms with Crippen molar-refractivity contribution in [3.63, 3.8) is 0 Å². The number of phenols is 1. The molecule has 0 atom stereocenters. The number of carbonyl (C=O) groups is 2. The predicted molar refractivity (Wildman–Crippen MR) is 107 cm³/mol. The normalized spacial score (nSPS) is 10.7. The van der Waals surface area contributed by atoms with E-state index in [4.69, 9.17) is 4.74 Å². The number of esters is 1. The van der Waals surface area contributed by atoms with Crippen molar-refractivity contribution in [2.45, 2.75) is 26.8 Å². The molecule has 6 heteroatoms. The number of rotatable bonds is 7. The van der Waals surface area contributed by atoms with Crippen molar-refractivity contribution in [2.75, 3.05) is 6.61 Å². The summed E-state index contributed by atoms with van der Waals surface area (Å²) in [5.41, 5.74) is 3.41. The van der Waals surface area contributed by atoms with E-state index < -0.39 is 5.97 Å². The first-order valence-corrected chi connectivity index (χ1v) is 9.25. The van der Waals surface area contributed by atoms with Crippen LogP contribution in [0.4, 0.5) is 4.39 Å². The van der Waals surface area contributed by atoms with Gasteiger partial charge in [0.25, 0.3) is 0 Å². The zero-order valence-electron chi connectivity index (χ0n) is 16.3. The average molecular weight is 395 g/mol. The molecule has 5 nitrogen and oxygen atoms in total. The molecule has 0 unspecified atom stereocenters. The lowest BCUT2D eigenvalue weighted by atomic mass is 10.1. The van der Waals surface area contributed by atoms with Crippen LogP contribution in [-0.2, 0) is 17.7 Å². The molecule has 3 rings (SSSR count). The highest BCUT2D eigenvalue weighted by atomic mass is 19.1. The Kier molecular flexibility index (Phi) is 6.12. The van der Waals surface area contributed by atoms with E-state index in [0.29, 0.717) is 18.5 Å². The molecule has 0 fully saturated rings. The third-order valence-electron chi connectivity index (χ3n) is 4.83. The third kappa shape index (κ3) is 4.90. The molecule has 0 aliphatic rings. The first-order chi connectivity index (χ1) is 13.8. The van der Waals surface area contributed by atoms with Crippen molar-refractivity contribution in [2.24, 2.45) is 0 Å². The van der Waals surface area contributed by atoms with Crippen molar-refractivity contribution < 1.29 is 23.8 Å². The summed E-state index contributed by atoms with van der Waals surface area (Å²) < 4.78 is 20.2. The van der Waals surface area contributed by atoms with E-state index in [9.17, 15) is 19.1 Å². The van der Waals surface area contributed by atoms with Gasteiger partial charge in [-0.2, -0.15) is 0 Å². The Balaban J connectivity index is 1.64. The van der Waals surface area contributed by atoms with Crippen molar-refractivity contribution in [1.29, 1.82) is 0 Å². The molecule has 0 aliphatic heterocycles. The summed E-state index contributed by atoms with van der Waals surface area (Å²) in [6.45, 7) is 4.03. The SMILES string of the molecule is Cc1cc(C(=O)COC(=O)c2cccc(O)c2)c(C)n1CCc1ccc(F)cc1. The molecule has 1 aromatic heterocycles. The first kappa shape index (κ1) is 20.3. The number of nitrogens with zero attached hydrogens (tertiary/aromatic N) is 1. The lowest BCUT2D eigenvalue weighted by Crippen LogP contribution is -2.15. The van der Waals surface area contributed by atoms with Crippen molar-refractivity contribution in [3.05, 3.63) is 88.5 Å². The number of hydrogen-bond acceptors (Lipinski definition) is 4. The van der Waals surface area contributed by atoms with Gasteiger partial charge in [0.05, 0.1) is 5.56 Å². The van der Waals surface area contributed by atoms with Gasteiger partial charge in [0.2, 0.25) is 5.78 Å². The topological polar surface area (TPSA) is 68.5 Å². The van der Waals surface area contributed by atoms with E-state index in [1.165, 1.54) is 36.4 Å². The van der Waals surface area contributed by atoms with Crippen LogP contribution in [0.5, 0.6) is 5.75 Å². The highest BCUT2D eigenvalue weighted by Crippen LogP contribution is 2.18. The van der Waals surface area contributed by atoms with Crippen LogP contribution in [0.1, 0.15) is 37.7 Å². The first-order valence-electron chi connectivity index (χ1n) is 9.25. The average Bonchev–Trinajstić information content (AvgIpc) is 2.99. The van der Waals surface area contributed by atoms with Crippen molar-refractivity contribution in [3.8, 4) is 5.75 Å². The van der Waals surface area contributed by atoms with Crippen LogP contribution >= 0.6 is 0 Å². The quantitative estimate of drug-likeness (QED) is 0.480. The van der Waals surface area contributed by atoms with E-state index in [-0.39, 0.29) is 29.5 Å². The molecule has 3 aromatic rings. The second kappa shape index (κ2) is 8.73. The maximum atomic E-state index is 13.0. The maximum Gasteiger partial charge on any atom is 0.338 e.